The third-order valence-electron chi connectivity index (χ3n) is 1.05. The molecule has 0 fully saturated rings. The van der Waals surface area contributed by atoms with Gasteiger partial charge in [-0.3, -0.25) is 0 Å². The van der Waals surface area contributed by atoms with Gasteiger partial charge in [0.15, 0.2) is 0 Å². The highest BCUT2D eigenvalue weighted by molar-refractivity contribution is 4.69. The molecular formula is C6H9F5O. The van der Waals surface area contributed by atoms with E-state index in [2.05, 4.69) is 4.74 Å². The van der Waals surface area contributed by atoms with Gasteiger partial charge in [0.25, 0.3) is 6.43 Å². The first-order valence-electron chi connectivity index (χ1n) is 3.36. The highest BCUT2D eigenvalue weighted by Gasteiger charge is 2.46. The van der Waals surface area contributed by atoms with Crippen molar-refractivity contribution in [2.75, 3.05) is 6.61 Å². The average Bonchev–Trinajstić information content (AvgIpc) is 1.84. The molecule has 12 heavy (non-hydrogen) atoms. The van der Waals surface area contributed by atoms with Gasteiger partial charge in [-0.25, -0.2) is 8.78 Å². The summed E-state index contributed by atoms with van der Waals surface area (Å²) in [7, 11) is 0. The Morgan fingerprint density at radius 3 is 2.00 bits per heavy atom. The largest absolute Gasteiger partial charge is 0.420 e. The predicted octanol–water partition coefficient (Wildman–Crippen LogP) is 2.61. The molecule has 0 saturated heterocycles. The molecule has 74 valence electrons. The topological polar surface area (TPSA) is 9.23 Å². The Labute approximate surface area is 66.5 Å². The summed E-state index contributed by atoms with van der Waals surface area (Å²) >= 11 is 0. The third-order valence-corrected chi connectivity index (χ3v) is 1.05. The molecular weight excluding hydrogens is 183 g/mol. The van der Waals surface area contributed by atoms with Crippen molar-refractivity contribution in [1.82, 2.24) is 0 Å². The van der Waals surface area contributed by atoms with E-state index in [1.807, 2.05) is 0 Å². The highest BCUT2D eigenvalue weighted by atomic mass is 19.4. The fourth-order valence-corrected chi connectivity index (χ4v) is 0.555. The standard InChI is InChI=1S/C6H9F5O/c1-2-3-12-4(5(7)8)6(9,10)11/h4-5H,2-3H2,1H3. The average molecular weight is 192 g/mol. The van der Waals surface area contributed by atoms with Crippen molar-refractivity contribution in [3.05, 3.63) is 0 Å². The van der Waals surface area contributed by atoms with Crippen LogP contribution in [0.25, 0.3) is 0 Å². The summed E-state index contributed by atoms with van der Waals surface area (Å²) in [6, 6.07) is 0. The molecule has 0 spiro atoms. The number of hydrogen-bond acceptors (Lipinski definition) is 1. The van der Waals surface area contributed by atoms with E-state index >= 15 is 0 Å². The van der Waals surface area contributed by atoms with Crippen molar-refractivity contribution in [1.29, 1.82) is 0 Å². The monoisotopic (exact) mass is 192 g/mol. The predicted molar refractivity (Wildman–Crippen MR) is 32.1 cm³/mol. The van der Waals surface area contributed by atoms with Crippen LogP contribution >= 0.6 is 0 Å². The second-order valence-corrected chi connectivity index (χ2v) is 2.17. The Morgan fingerprint density at radius 2 is 1.75 bits per heavy atom. The summed E-state index contributed by atoms with van der Waals surface area (Å²) in [6.07, 6.45) is -11.2. The van der Waals surface area contributed by atoms with E-state index in [4.69, 9.17) is 0 Å². The lowest BCUT2D eigenvalue weighted by atomic mass is 10.3. The van der Waals surface area contributed by atoms with Crippen LogP contribution < -0.4 is 0 Å². The molecule has 1 atom stereocenters. The first kappa shape index (κ1) is 11.6. The van der Waals surface area contributed by atoms with Crippen LogP contribution in [0, 0.1) is 0 Å². The Kier molecular flexibility index (Phi) is 4.44. The van der Waals surface area contributed by atoms with Crippen LogP contribution in [0.4, 0.5) is 22.0 Å². The molecule has 0 N–H and O–H groups in total. The van der Waals surface area contributed by atoms with Crippen molar-refractivity contribution < 1.29 is 26.7 Å². The van der Waals surface area contributed by atoms with Crippen LogP contribution in [0.5, 0.6) is 0 Å². The second-order valence-electron chi connectivity index (χ2n) is 2.17. The normalized spacial score (nSPS) is 15.2. The van der Waals surface area contributed by atoms with Gasteiger partial charge >= 0.3 is 6.18 Å². The van der Waals surface area contributed by atoms with Gasteiger partial charge < -0.3 is 4.74 Å². The number of halogens is 5. The molecule has 0 aliphatic rings. The number of rotatable bonds is 4. The molecule has 0 aromatic rings. The van der Waals surface area contributed by atoms with E-state index in [1.54, 1.807) is 6.92 Å². The quantitative estimate of drug-likeness (QED) is 0.622. The van der Waals surface area contributed by atoms with Gasteiger partial charge in [0.05, 0.1) is 0 Å². The smallest absolute Gasteiger partial charge is 0.363 e. The van der Waals surface area contributed by atoms with E-state index in [1.165, 1.54) is 0 Å². The minimum absolute atomic E-state index is 0.277. The lowest BCUT2D eigenvalue weighted by Gasteiger charge is -2.19. The van der Waals surface area contributed by atoms with Crippen molar-refractivity contribution in [3.8, 4) is 0 Å². The van der Waals surface area contributed by atoms with Crippen LogP contribution in [-0.2, 0) is 4.74 Å². The SMILES string of the molecule is CCCOC(C(F)F)C(F)(F)F. The Bertz CT molecular complexity index is 122. The molecule has 0 aliphatic carbocycles. The Hall–Kier alpha value is -0.390. The van der Waals surface area contributed by atoms with Crippen LogP contribution in [0.3, 0.4) is 0 Å². The van der Waals surface area contributed by atoms with Gasteiger partial charge in [-0.05, 0) is 6.42 Å². The van der Waals surface area contributed by atoms with Gasteiger partial charge in [0.2, 0.25) is 6.10 Å². The van der Waals surface area contributed by atoms with Crippen molar-refractivity contribution >= 4 is 0 Å². The van der Waals surface area contributed by atoms with Crippen LogP contribution in [-0.4, -0.2) is 25.3 Å². The molecule has 1 unspecified atom stereocenters. The first-order chi connectivity index (χ1) is 5.39. The minimum Gasteiger partial charge on any atom is -0.363 e. The zero-order valence-electron chi connectivity index (χ0n) is 6.37. The second kappa shape index (κ2) is 4.59. The van der Waals surface area contributed by atoms with Gasteiger partial charge in [-0.15, -0.1) is 0 Å². The molecule has 0 aromatic heterocycles. The Morgan fingerprint density at radius 1 is 1.25 bits per heavy atom. The molecule has 6 heteroatoms. The van der Waals surface area contributed by atoms with Crippen molar-refractivity contribution in [2.24, 2.45) is 0 Å². The summed E-state index contributed by atoms with van der Waals surface area (Å²) in [4.78, 5) is 0. The van der Waals surface area contributed by atoms with Crippen molar-refractivity contribution in [2.45, 2.75) is 32.1 Å². The maximum atomic E-state index is 11.7. The maximum Gasteiger partial charge on any atom is 0.420 e. The fraction of sp³-hybridized carbons (Fsp3) is 1.00. The molecule has 0 amide bonds. The molecule has 1 nitrogen and oxygen atoms in total. The molecule has 0 radical (unpaired) electrons. The zero-order chi connectivity index (χ0) is 9.78. The number of ether oxygens (including phenoxy) is 1. The van der Waals surface area contributed by atoms with E-state index in [9.17, 15) is 22.0 Å². The van der Waals surface area contributed by atoms with Crippen LogP contribution in [0.1, 0.15) is 13.3 Å². The van der Waals surface area contributed by atoms with Gasteiger partial charge in [-0.1, -0.05) is 6.92 Å². The van der Waals surface area contributed by atoms with Gasteiger partial charge in [-0.2, -0.15) is 13.2 Å². The number of hydrogen-bond donors (Lipinski definition) is 0. The Balaban J connectivity index is 4.05. The van der Waals surface area contributed by atoms with E-state index < -0.39 is 18.7 Å². The molecule has 0 saturated carbocycles. The van der Waals surface area contributed by atoms with Crippen LogP contribution in [0.15, 0.2) is 0 Å². The van der Waals surface area contributed by atoms with E-state index in [0.717, 1.165) is 0 Å². The summed E-state index contributed by atoms with van der Waals surface area (Å²) < 4.78 is 62.4. The van der Waals surface area contributed by atoms with Gasteiger partial charge in [0.1, 0.15) is 0 Å². The number of alkyl halides is 5. The summed E-state index contributed by atoms with van der Waals surface area (Å²) in [5.74, 6) is 0. The maximum absolute atomic E-state index is 11.7. The lowest BCUT2D eigenvalue weighted by Crippen LogP contribution is -2.38. The van der Waals surface area contributed by atoms with Crippen molar-refractivity contribution in [3.63, 3.8) is 0 Å². The fourth-order valence-electron chi connectivity index (χ4n) is 0.555. The van der Waals surface area contributed by atoms with Crippen LogP contribution in [0.2, 0.25) is 0 Å². The van der Waals surface area contributed by atoms with Gasteiger partial charge in [0, 0.05) is 6.61 Å². The highest BCUT2D eigenvalue weighted by Crippen LogP contribution is 2.27. The third kappa shape index (κ3) is 3.85. The molecule has 0 bridgehead atoms. The van der Waals surface area contributed by atoms with E-state index in [-0.39, 0.29) is 13.0 Å². The summed E-state index contributed by atoms with van der Waals surface area (Å²) in [5.41, 5.74) is 0. The summed E-state index contributed by atoms with van der Waals surface area (Å²) in [5, 5.41) is 0. The summed E-state index contributed by atoms with van der Waals surface area (Å²) in [6.45, 7) is 1.23. The zero-order valence-corrected chi connectivity index (χ0v) is 6.37. The first-order valence-corrected chi connectivity index (χ1v) is 3.36. The molecule has 0 aromatic carbocycles. The van der Waals surface area contributed by atoms with E-state index in [0.29, 0.717) is 0 Å². The molecule has 0 aliphatic heterocycles. The molecule has 0 rings (SSSR count). The minimum atomic E-state index is -4.98. The lowest BCUT2D eigenvalue weighted by molar-refractivity contribution is -0.253. The molecule has 0 heterocycles.